The van der Waals surface area contributed by atoms with E-state index in [9.17, 15) is 43.5 Å². The van der Waals surface area contributed by atoms with Crippen LogP contribution in [0.15, 0.2) is 194 Å². The van der Waals surface area contributed by atoms with Crippen LogP contribution in [0.3, 0.4) is 0 Å². The Morgan fingerprint density at radius 2 is 0.477 bits per heavy atom. The highest BCUT2D eigenvalue weighted by Gasteiger charge is 2.29. The van der Waals surface area contributed by atoms with E-state index in [1.165, 1.54) is 89.9 Å². The van der Waals surface area contributed by atoms with Gasteiger partial charge in [0.2, 0.25) is 0 Å². The van der Waals surface area contributed by atoms with Crippen molar-refractivity contribution in [2.45, 2.75) is 322 Å². The molecule has 0 radical (unpaired) electrons. The van der Waals surface area contributed by atoms with E-state index in [0.29, 0.717) is 25.7 Å². The van der Waals surface area contributed by atoms with Gasteiger partial charge in [-0.1, -0.05) is 331 Å². The molecule has 0 bridgehead atoms. The third kappa shape index (κ3) is 83.2. The molecule has 0 aromatic rings. The number of aliphatic hydroxyl groups excluding tert-OH is 2. The zero-order chi connectivity index (χ0) is 79.4. The first kappa shape index (κ1) is 103. The fraction of sp³-hybridized carbons (Fsp3) is 0.615. The van der Waals surface area contributed by atoms with Gasteiger partial charge in [0.1, 0.15) is 25.4 Å². The fourth-order valence-electron chi connectivity index (χ4n) is 10.6. The van der Waals surface area contributed by atoms with Crippen LogP contribution in [0.1, 0.15) is 303 Å². The summed E-state index contributed by atoms with van der Waals surface area (Å²) in [5, 5.41) is 20.7. The highest BCUT2D eigenvalue weighted by atomic mass is 31.2. The second kappa shape index (κ2) is 81.9. The van der Waals surface area contributed by atoms with Gasteiger partial charge in [-0.3, -0.25) is 32.5 Å². The molecule has 16 nitrogen and oxygen atoms in total. The number of unbranched alkanes of at least 4 members (excludes halogenated alkanes) is 22. The number of hydrogen-bond donors (Lipinski definition) is 4. The Labute approximate surface area is 661 Å². The molecule has 109 heavy (non-hydrogen) atoms. The summed E-state index contributed by atoms with van der Waals surface area (Å²) in [5.41, 5.74) is 0. The molecule has 18 heteroatoms. The number of carbonyl (C=O) groups is 3. The Balaban J connectivity index is 4.59. The van der Waals surface area contributed by atoms with Crippen LogP contribution < -0.4 is 0 Å². The van der Waals surface area contributed by atoms with Crippen molar-refractivity contribution < 1.29 is 75.8 Å². The molecule has 0 saturated carbocycles. The van der Waals surface area contributed by atoms with E-state index >= 15 is 0 Å². The van der Waals surface area contributed by atoms with Crippen LogP contribution in [0.2, 0.25) is 0 Å². The predicted molar refractivity (Wildman–Crippen MR) is 454 cm³/mol. The number of esters is 3. The summed E-state index contributed by atoms with van der Waals surface area (Å²) in [6.07, 6.45) is 108. The van der Waals surface area contributed by atoms with Crippen LogP contribution in [-0.2, 0) is 55.8 Å². The lowest BCUT2D eigenvalue weighted by atomic mass is 10.0. The summed E-state index contributed by atoms with van der Waals surface area (Å²) >= 11 is 0. The van der Waals surface area contributed by atoms with Gasteiger partial charge in [0, 0.05) is 19.3 Å². The highest BCUT2D eigenvalue weighted by molar-refractivity contribution is 7.47. The summed E-state index contributed by atoms with van der Waals surface area (Å²) in [5.74, 6) is -1.70. The van der Waals surface area contributed by atoms with Gasteiger partial charge in [-0.2, -0.15) is 0 Å². The summed E-state index contributed by atoms with van der Waals surface area (Å²) in [6.45, 7) is 2.22. The molecule has 0 heterocycles. The topological polar surface area (TPSA) is 231 Å². The lowest BCUT2D eigenvalue weighted by Gasteiger charge is -2.21. The van der Waals surface area contributed by atoms with Gasteiger partial charge in [-0.05, 0) is 148 Å². The Hall–Kier alpha value is -5.61. The molecule has 0 rings (SSSR count). The van der Waals surface area contributed by atoms with E-state index in [4.69, 9.17) is 32.3 Å². The first-order valence-corrected chi connectivity index (χ1v) is 44.7. The van der Waals surface area contributed by atoms with Crippen molar-refractivity contribution in [1.29, 1.82) is 0 Å². The van der Waals surface area contributed by atoms with Crippen molar-refractivity contribution in [3.63, 3.8) is 0 Å². The minimum absolute atomic E-state index is 0.0324. The van der Waals surface area contributed by atoms with Gasteiger partial charge in [0.15, 0.2) is 6.10 Å². The molecule has 0 aliphatic rings. The summed E-state index contributed by atoms with van der Waals surface area (Å²) < 4.78 is 61.1. The van der Waals surface area contributed by atoms with Gasteiger partial charge in [0.25, 0.3) is 0 Å². The van der Waals surface area contributed by atoms with Crippen LogP contribution in [0.5, 0.6) is 0 Å². The molecule has 0 spiro atoms. The fourth-order valence-corrected chi connectivity index (χ4v) is 12.2. The number of allylic oxidation sites excluding steroid dienone is 32. The SMILES string of the molecule is CC/C=C\C/C=C\C/C=C\C/C=C\C/C=C\C/C=C\CCC(=O)OC(COC(=O)CCCCCCC/C=C\C/C=C\C/C=C\C/C=C\C/C=C\CC)COP(=O)(O)OCC(O)COP(=O)(O)OCC(O)COC(=O)CCCCCCCCCCCCCCCCCCC/C=C\C/C=C\C/C=C\C/C=C\C/C=C\CC. The zero-order valence-electron chi connectivity index (χ0n) is 67.6. The molecule has 0 aliphatic carbocycles. The first-order valence-electron chi connectivity index (χ1n) is 41.7. The lowest BCUT2D eigenvalue weighted by Crippen LogP contribution is -2.29. The molecule has 4 N–H and O–H groups in total. The molecule has 5 atom stereocenters. The number of rotatable bonds is 77. The molecule has 0 amide bonds. The van der Waals surface area contributed by atoms with Crippen LogP contribution in [0.25, 0.3) is 0 Å². The van der Waals surface area contributed by atoms with E-state index in [1.807, 2.05) is 18.2 Å². The third-order valence-corrected chi connectivity index (χ3v) is 18.7. The second-order valence-corrected chi connectivity index (χ2v) is 30.0. The molecular weight excluding hydrogens is 1410 g/mol. The molecular formula is C91H148O16P2. The van der Waals surface area contributed by atoms with Crippen molar-refractivity contribution in [3.05, 3.63) is 194 Å². The first-order chi connectivity index (χ1) is 53.2. The molecule has 0 saturated heterocycles. The van der Waals surface area contributed by atoms with Crippen molar-refractivity contribution in [3.8, 4) is 0 Å². The Morgan fingerprint density at radius 3 is 0.761 bits per heavy atom. The van der Waals surface area contributed by atoms with Crippen molar-refractivity contribution in [1.82, 2.24) is 0 Å². The van der Waals surface area contributed by atoms with Gasteiger partial charge >= 0.3 is 33.6 Å². The number of phosphoric acid groups is 2. The van der Waals surface area contributed by atoms with Crippen LogP contribution in [-0.4, -0.2) is 95.9 Å². The Bertz CT molecular complexity index is 2760. The minimum atomic E-state index is -4.97. The standard InChI is InChI=1S/C91H148O16P2/c1-4-7-10-13-16-19-22-25-28-31-34-36-37-38-39-40-41-42-43-44-45-46-47-49-52-53-56-59-62-65-68-71-74-77-89(94)101-80-86(92)81-103-108(97,98)104-82-87(93)83-105-109(99,100)106-85-88(107-91(96)79-76-73-70-67-64-61-58-55-50-33-30-27-24-21-18-15-12-9-6-3)84-102-90(95)78-75-72-69-66-63-60-57-54-51-48-35-32-29-26-23-20-17-14-11-8-5-2/h7-12,16-21,25-30,34-36,38-39,48,50,54-55,57,61,64,70,73,86-88,92-93H,4-6,13-15,22-24,31-33,37,40-47,49,51-53,56,58-60,62-63,65-69,71-72,74-85H2,1-3H3,(H,97,98)(H,99,100)/b10-7-,11-8-,12-9-,19-16-,20-17-,21-18-,28-25-,29-26-,30-27-,36-34-,39-38-,48-35-,55-50-,57-54-,64-61-,73-70-. The molecule has 0 aromatic heterocycles. The highest BCUT2D eigenvalue weighted by Crippen LogP contribution is 2.45. The Kier molecular flexibility index (Phi) is 77.7. The second-order valence-electron chi connectivity index (χ2n) is 27.1. The monoisotopic (exact) mass is 1560 g/mol. The summed E-state index contributed by atoms with van der Waals surface area (Å²) in [7, 11) is -9.84. The number of aliphatic hydroxyl groups is 2. The predicted octanol–water partition coefficient (Wildman–Crippen LogP) is 25.1. The minimum Gasteiger partial charge on any atom is -0.463 e. The number of hydrogen-bond acceptors (Lipinski definition) is 14. The maximum Gasteiger partial charge on any atom is 0.472 e. The normalized spacial score (nSPS) is 14.9. The molecule has 0 aliphatic heterocycles. The van der Waals surface area contributed by atoms with E-state index in [-0.39, 0.29) is 19.3 Å². The third-order valence-electron chi connectivity index (χ3n) is 16.8. The summed E-state index contributed by atoms with van der Waals surface area (Å²) in [4.78, 5) is 58.7. The lowest BCUT2D eigenvalue weighted by molar-refractivity contribution is -0.161. The largest absolute Gasteiger partial charge is 0.472 e. The van der Waals surface area contributed by atoms with Crippen LogP contribution >= 0.6 is 15.6 Å². The number of phosphoric ester groups is 2. The van der Waals surface area contributed by atoms with E-state index in [2.05, 4.69) is 197 Å². The number of carbonyl (C=O) groups excluding carboxylic acids is 3. The molecule has 618 valence electrons. The van der Waals surface area contributed by atoms with Gasteiger partial charge in [-0.15, -0.1) is 0 Å². The molecule has 0 aromatic carbocycles. The van der Waals surface area contributed by atoms with Crippen LogP contribution in [0, 0.1) is 0 Å². The smallest absolute Gasteiger partial charge is 0.463 e. The average molecular weight is 1560 g/mol. The molecule has 0 fully saturated rings. The van der Waals surface area contributed by atoms with Crippen LogP contribution in [0.4, 0.5) is 0 Å². The quantitative estimate of drug-likeness (QED) is 0.0146. The van der Waals surface area contributed by atoms with Gasteiger partial charge < -0.3 is 34.2 Å². The summed E-state index contributed by atoms with van der Waals surface area (Å²) in [6, 6.07) is 0. The van der Waals surface area contributed by atoms with Crippen molar-refractivity contribution in [2.75, 3.05) is 39.6 Å². The van der Waals surface area contributed by atoms with Gasteiger partial charge in [0.05, 0.1) is 26.4 Å². The number of ether oxygens (including phenoxy) is 3. The van der Waals surface area contributed by atoms with E-state index < -0.39 is 91.5 Å². The Morgan fingerprint density at radius 1 is 0.257 bits per heavy atom. The van der Waals surface area contributed by atoms with Crippen molar-refractivity contribution in [2.24, 2.45) is 0 Å². The zero-order valence-corrected chi connectivity index (χ0v) is 69.4. The maximum absolute atomic E-state index is 13.0. The van der Waals surface area contributed by atoms with Crippen molar-refractivity contribution >= 4 is 33.6 Å². The van der Waals surface area contributed by atoms with E-state index in [1.54, 1.807) is 0 Å². The van der Waals surface area contributed by atoms with Gasteiger partial charge in [-0.25, -0.2) is 9.13 Å². The maximum atomic E-state index is 13.0. The average Bonchev–Trinajstić information content (AvgIpc) is 0.900. The molecule has 5 unspecified atom stereocenters. The van der Waals surface area contributed by atoms with E-state index in [0.717, 1.165) is 148 Å².